The molecule has 0 aromatic heterocycles. The fraction of sp³-hybridized carbons (Fsp3) is 0.381. The van der Waals surface area contributed by atoms with Crippen LogP contribution in [0.2, 0.25) is 0 Å². The van der Waals surface area contributed by atoms with E-state index in [9.17, 15) is 18.0 Å². The Morgan fingerprint density at radius 1 is 1.00 bits per heavy atom. The number of alkyl halides is 3. The van der Waals surface area contributed by atoms with Gasteiger partial charge in [-0.3, -0.25) is 4.79 Å². The summed E-state index contributed by atoms with van der Waals surface area (Å²) in [5, 5.41) is 6.61. The molecule has 2 aliphatic rings. The third-order valence-electron chi connectivity index (χ3n) is 5.30. The molecule has 0 spiro atoms. The number of ether oxygens (including phenoxy) is 1. The Hall–Kier alpha value is -2.54. The molecule has 2 aliphatic heterocycles. The van der Waals surface area contributed by atoms with Crippen LogP contribution in [0.15, 0.2) is 48.5 Å². The molecule has 0 saturated carbocycles. The van der Waals surface area contributed by atoms with Gasteiger partial charge in [0.25, 0.3) is 5.91 Å². The smallest absolute Gasteiger partial charge is 0.416 e. The van der Waals surface area contributed by atoms with E-state index in [0.717, 1.165) is 37.8 Å². The molecule has 2 atom stereocenters. The highest BCUT2D eigenvalue weighted by atomic mass is 19.4. The highest BCUT2D eigenvalue weighted by molar-refractivity contribution is 5.94. The normalized spacial score (nSPS) is 24.0. The molecule has 28 heavy (non-hydrogen) atoms. The molecule has 2 fully saturated rings. The van der Waals surface area contributed by atoms with E-state index in [4.69, 9.17) is 4.74 Å². The summed E-state index contributed by atoms with van der Waals surface area (Å²) in [6.07, 6.45) is -0.296. The summed E-state index contributed by atoms with van der Waals surface area (Å²) < 4.78 is 44.1. The molecule has 2 aromatic rings. The van der Waals surface area contributed by atoms with E-state index in [1.54, 1.807) is 24.3 Å². The van der Waals surface area contributed by atoms with E-state index in [0.29, 0.717) is 23.4 Å². The number of benzene rings is 2. The van der Waals surface area contributed by atoms with Gasteiger partial charge in [-0.2, -0.15) is 13.2 Å². The van der Waals surface area contributed by atoms with Gasteiger partial charge in [-0.05, 0) is 62.1 Å². The number of amides is 1. The Labute approximate surface area is 161 Å². The van der Waals surface area contributed by atoms with E-state index in [-0.39, 0.29) is 17.7 Å². The number of halogens is 3. The maximum Gasteiger partial charge on any atom is 0.416 e. The third kappa shape index (κ3) is 4.30. The van der Waals surface area contributed by atoms with Crippen molar-refractivity contribution in [3.63, 3.8) is 0 Å². The van der Waals surface area contributed by atoms with Crippen LogP contribution in [0.5, 0.6) is 11.5 Å². The molecule has 2 heterocycles. The second-order valence-corrected chi connectivity index (χ2v) is 7.44. The van der Waals surface area contributed by atoms with Crippen LogP contribution in [-0.4, -0.2) is 24.0 Å². The molecule has 4 rings (SSSR count). The second kappa shape index (κ2) is 7.47. The van der Waals surface area contributed by atoms with Crippen molar-refractivity contribution in [3.8, 4) is 11.5 Å². The van der Waals surface area contributed by atoms with Crippen LogP contribution in [0, 0.1) is 0 Å². The number of hydrogen-bond acceptors (Lipinski definition) is 3. The minimum absolute atomic E-state index is 0.0716. The molecule has 0 radical (unpaired) electrons. The molecular weight excluding hydrogens is 369 g/mol. The molecule has 2 unspecified atom stereocenters. The van der Waals surface area contributed by atoms with Crippen LogP contribution in [0.3, 0.4) is 0 Å². The maximum atomic E-state index is 12.8. The van der Waals surface area contributed by atoms with Crippen molar-refractivity contribution < 1.29 is 22.7 Å². The lowest BCUT2D eigenvalue weighted by Gasteiger charge is -2.29. The number of carbonyl (C=O) groups excluding carboxylic acids is 1. The summed E-state index contributed by atoms with van der Waals surface area (Å²) in [5.41, 5.74) is -0.352. The van der Waals surface area contributed by atoms with Crippen LogP contribution in [0.4, 0.5) is 13.2 Å². The quantitative estimate of drug-likeness (QED) is 0.808. The van der Waals surface area contributed by atoms with Gasteiger partial charge < -0.3 is 15.4 Å². The number of piperidine rings is 1. The van der Waals surface area contributed by atoms with Crippen molar-refractivity contribution in [2.24, 2.45) is 0 Å². The van der Waals surface area contributed by atoms with Gasteiger partial charge in [0.05, 0.1) is 5.56 Å². The molecule has 1 amide bonds. The van der Waals surface area contributed by atoms with Crippen LogP contribution in [0.25, 0.3) is 0 Å². The third-order valence-corrected chi connectivity index (χ3v) is 5.30. The Balaban J connectivity index is 1.43. The van der Waals surface area contributed by atoms with Crippen LogP contribution in [0.1, 0.15) is 41.6 Å². The zero-order valence-corrected chi connectivity index (χ0v) is 15.1. The van der Waals surface area contributed by atoms with Crippen molar-refractivity contribution in [2.75, 3.05) is 0 Å². The highest BCUT2D eigenvalue weighted by Gasteiger charge is 2.34. The van der Waals surface area contributed by atoms with Crippen LogP contribution >= 0.6 is 0 Å². The lowest BCUT2D eigenvalue weighted by molar-refractivity contribution is -0.137. The molecule has 2 N–H and O–H groups in total. The monoisotopic (exact) mass is 390 g/mol. The minimum atomic E-state index is -4.44. The van der Waals surface area contributed by atoms with Gasteiger partial charge in [0.2, 0.25) is 0 Å². The van der Waals surface area contributed by atoms with Crippen molar-refractivity contribution in [1.29, 1.82) is 0 Å². The van der Waals surface area contributed by atoms with Crippen molar-refractivity contribution in [3.05, 3.63) is 59.7 Å². The van der Waals surface area contributed by atoms with Gasteiger partial charge in [-0.15, -0.1) is 0 Å². The zero-order chi connectivity index (χ0) is 19.7. The number of carbonyl (C=O) groups is 1. The molecule has 2 bridgehead atoms. The number of nitrogens with one attached hydrogen (secondary N) is 2. The Bertz CT molecular complexity index is 857. The predicted octanol–water partition coefficient (Wildman–Crippen LogP) is 4.51. The first kappa shape index (κ1) is 18.8. The van der Waals surface area contributed by atoms with Gasteiger partial charge in [0.15, 0.2) is 0 Å². The van der Waals surface area contributed by atoms with E-state index in [1.165, 1.54) is 12.1 Å². The molecular formula is C21H21F3N2O2. The van der Waals surface area contributed by atoms with E-state index in [1.807, 2.05) is 0 Å². The first-order valence-corrected chi connectivity index (χ1v) is 9.39. The van der Waals surface area contributed by atoms with Crippen LogP contribution < -0.4 is 15.4 Å². The maximum absolute atomic E-state index is 12.8. The molecule has 4 nitrogen and oxygen atoms in total. The fourth-order valence-corrected chi connectivity index (χ4v) is 4.02. The first-order valence-electron chi connectivity index (χ1n) is 9.39. The standard InChI is InChI=1S/C21H21F3N2O2/c22-21(23,24)14-4-2-6-19(10-14)28-18-5-1-3-13(9-18)20(27)26-17-11-15-7-8-16(12-17)25-15/h1-6,9-10,15-17,25H,7-8,11-12H2,(H,26,27). The molecule has 2 aromatic carbocycles. The van der Waals surface area contributed by atoms with Gasteiger partial charge >= 0.3 is 6.18 Å². The summed E-state index contributed by atoms with van der Waals surface area (Å²) in [7, 11) is 0. The van der Waals surface area contributed by atoms with Crippen molar-refractivity contribution in [2.45, 2.75) is 50.0 Å². The minimum Gasteiger partial charge on any atom is -0.457 e. The Morgan fingerprint density at radius 3 is 2.32 bits per heavy atom. The predicted molar refractivity (Wildman–Crippen MR) is 98.4 cm³/mol. The lowest BCUT2D eigenvalue weighted by atomic mass is 9.99. The molecule has 2 saturated heterocycles. The Morgan fingerprint density at radius 2 is 1.64 bits per heavy atom. The number of fused-ring (bicyclic) bond motifs is 2. The largest absolute Gasteiger partial charge is 0.457 e. The van der Waals surface area contributed by atoms with Crippen LogP contribution in [-0.2, 0) is 6.18 Å². The first-order chi connectivity index (χ1) is 13.4. The topological polar surface area (TPSA) is 50.4 Å². The van der Waals surface area contributed by atoms with Crippen molar-refractivity contribution >= 4 is 5.91 Å². The van der Waals surface area contributed by atoms with Gasteiger partial charge in [0, 0.05) is 23.7 Å². The number of rotatable bonds is 4. The van der Waals surface area contributed by atoms with E-state index in [2.05, 4.69) is 10.6 Å². The van der Waals surface area contributed by atoms with Gasteiger partial charge in [-0.25, -0.2) is 0 Å². The fourth-order valence-electron chi connectivity index (χ4n) is 4.02. The zero-order valence-electron chi connectivity index (χ0n) is 15.1. The van der Waals surface area contributed by atoms with E-state index >= 15 is 0 Å². The Kier molecular flexibility index (Phi) is 5.02. The SMILES string of the molecule is O=C(NC1CC2CCC(C1)N2)c1cccc(Oc2cccc(C(F)(F)F)c2)c1. The van der Waals surface area contributed by atoms with Gasteiger partial charge in [0.1, 0.15) is 11.5 Å². The lowest BCUT2D eigenvalue weighted by Crippen LogP contribution is -2.48. The average Bonchev–Trinajstić information content (AvgIpc) is 3.00. The summed E-state index contributed by atoms with van der Waals surface area (Å²) >= 11 is 0. The molecule has 148 valence electrons. The summed E-state index contributed by atoms with van der Waals surface area (Å²) in [4.78, 5) is 12.6. The molecule has 0 aliphatic carbocycles. The second-order valence-electron chi connectivity index (χ2n) is 7.44. The van der Waals surface area contributed by atoms with Crippen molar-refractivity contribution in [1.82, 2.24) is 10.6 Å². The average molecular weight is 390 g/mol. The summed E-state index contributed by atoms with van der Waals surface area (Å²) in [6.45, 7) is 0. The summed E-state index contributed by atoms with van der Waals surface area (Å²) in [6, 6.07) is 12.2. The number of hydrogen-bond donors (Lipinski definition) is 2. The summed E-state index contributed by atoms with van der Waals surface area (Å²) in [5.74, 6) is 0.195. The highest BCUT2D eigenvalue weighted by Crippen LogP contribution is 2.33. The van der Waals surface area contributed by atoms with E-state index < -0.39 is 11.7 Å². The van der Waals surface area contributed by atoms with Gasteiger partial charge in [-0.1, -0.05) is 12.1 Å². The molecule has 7 heteroatoms.